The van der Waals surface area contributed by atoms with Crippen molar-refractivity contribution in [2.45, 2.75) is 64.8 Å². The van der Waals surface area contributed by atoms with Crippen molar-refractivity contribution in [2.75, 3.05) is 26.2 Å². The third-order valence-corrected chi connectivity index (χ3v) is 6.92. The first-order valence-corrected chi connectivity index (χ1v) is 10.7. The molecule has 0 N–H and O–H groups in total. The van der Waals surface area contributed by atoms with Gasteiger partial charge in [0.1, 0.15) is 5.82 Å². The zero-order valence-corrected chi connectivity index (χ0v) is 16.5. The molecule has 6 heteroatoms. The lowest BCUT2D eigenvalue weighted by molar-refractivity contribution is -0.147. The standard InChI is InChI=1S/C21H32N4O2/c1-2-18-22-10-14-23(18)12-7-19(26)25-13-9-21(16-25)8-4-11-24(20(21)27)15-17-5-3-6-17/h10,14,17H,2-9,11-13,15-16H2,1H3/t21-/m1/s1. The van der Waals surface area contributed by atoms with E-state index in [9.17, 15) is 9.59 Å². The maximum Gasteiger partial charge on any atom is 0.230 e. The van der Waals surface area contributed by atoms with Crippen LogP contribution in [0.2, 0.25) is 0 Å². The average molecular weight is 373 g/mol. The molecule has 3 fully saturated rings. The number of hydrogen-bond acceptors (Lipinski definition) is 3. The van der Waals surface area contributed by atoms with E-state index in [4.69, 9.17) is 0 Å². The molecule has 0 unspecified atom stereocenters. The summed E-state index contributed by atoms with van der Waals surface area (Å²) in [4.78, 5) is 34.3. The zero-order valence-electron chi connectivity index (χ0n) is 16.5. The Hall–Kier alpha value is -1.85. The molecule has 0 bridgehead atoms. The van der Waals surface area contributed by atoms with E-state index in [0.717, 1.165) is 51.1 Å². The Morgan fingerprint density at radius 3 is 2.85 bits per heavy atom. The Balaban J connectivity index is 1.34. The number of carbonyl (C=O) groups excluding carboxylic acids is 2. The van der Waals surface area contributed by atoms with Crippen LogP contribution in [0.5, 0.6) is 0 Å². The van der Waals surface area contributed by atoms with Gasteiger partial charge in [-0.1, -0.05) is 13.3 Å². The topological polar surface area (TPSA) is 58.4 Å². The number of hydrogen-bond donors (Lipinski definition) is 0. The van der Waals surface area contributed by atoms with Crippen molar-refractivity contribution < 1.29 is 9.59 Å². The van der Waals surface area contributed by atoms with Crippen molar-refractivity contribution in [3.63, 3.8) is 0 Å². The highest BCUT2D eigenvalue weighted by atomic mass is 16.2. The molecule has 2 saturated heterocycles. The van der Waals surface area contributed by atoms with Crippen LogP contribution in [0.15, 0.2) is 12.4 Å². The Bertz CT molecular complexity index is 696. The molecule has 3 aliphatic rings. The molecule has 27 heavy (non-hydrogen) atoms. The van der Waals surface area contributed by atoms with Gasteiger partial charge in [-0.2, -0.15) is 0 Å². The summed E-state index contributed by atoms with van der Waals surface area (Å²) in [5.74, 6) is 2.23. The van der Waals surface area contributed by atoms with E-state index in [1.54, 1.807) is 6.20 Å². The van der Waals surface area contributed by atoms with E-state index in [1.807, 2.05) is 11.1 Å². The molecule has 0 aromatic carbocycles. The van der Waals surface area contributed by atoms with Crippen LogP contribution in [0.3, 0.4) is 0 Å². The minimum atomic E-state index is -0.304. The smallest absolute Gasteiger partial charge is 0.230 e. The first-order valence-electron chi connectivity index (χ1n) is 10.7. The third kappa shape index (κ3) is 3.63. The molecule has 1 aliphatic carbocycles. The van der Waals surface area contributed by atoms with Crippen LogP contribution in [-0.4, -0.2) is 57.3 Å². The lowest BCUT2D eigenvalue weighted by atomic mass is 9.77. The Kier molecular flexibility index (Phi) is 5.24. The number of amides is 2. The number of aromatic nitrogens is 2. The van der Waals surface area contributed by atoms with Gasteiger partial charge in [0.15, 0.2) is 0 Å². The fourth-order valence-corrected chi connectivity index (χ4v) is 5.01. The summed E-state index contributed by atoms with van der Waals surface area (Å²) >= 11 is 0. The van der Waals surface area contributed by atoms with E-state index >= 15 is 0 Å². The molecule has 1 aromatic rings. The maximum absolute atomic E-state index is 13.2. The summed E-state index contributed by atoms with van der Waals surface area (Å²) in [7, 11) is 0. The molecule has 2 aliphatic heterocycles. The van der Waals surface area contributed by atoms with Gasteiger partial charge in [-0.3, -0.25) is 9.59 Å². The molecule has 1 aromatic heterocycles. The van der Waals surface area contributed by atoms with Gasteiger partial charge < -0.3 is 14.4 Å². The summed E-state index contributed by atoms with van der Waals surface area (Å²) in [6.45, 7) is 5.95. The van der Waals surface area contributed by atoms with Crippen LogP contribution >= 0.6 is 0 Å². The van der Waals surface area contributed by atoms with E-state index in [0.29, 0.717) is 31.3 Å². The maximum atomic E-state index is 13.2. The normalized spacial score (nSPS) is 26.0. The first-order chi connectivity index (χ1) is 13.1. The quantitative estimate of drug-likeness (QED) is 0.771. The second-order valence-corrected chi connectivity index (χ2v) is 8.64. The second-order valence-electron chi connectivity index (χ2n) is 8.64. The lowest BCUT2D eigenvalue weighted by Crippen LogP contribution is -2.52. The van der Waals surface area contributed by atoms with Gasteiger partial charge in [0.2, 0.25) is 11.8 Å². The number of carbonyl (C=O) groups is 2. The fourth-order valence-electron chi connectivity index (χ4n) is 5.01. The van der Waals surface area contributed by atoms with Crippen molar-refractivity contribution in [3.8, 4) is 0 Å². The highest BCUT2D eigenvalue weighted by molar-refractivity contribution is 5.86. The SMILES string of the molecule is CCc1nccn1CCC(=O)N1CC[C@]2(CCCN(CC3CCC3)C2=O)C1. The third-order valence-electron chi connectivity index (χ3n) is 6.92. The number of aryl methyl sites for hydroxylation is 2. The van der Waals surface area contributed by atoms with Gasteiger partial charge in [0.25, 0.3) is 0 Å². The van der Waals surface area contributed by atoms with Gasteiger partial charge in [-0.15, -0.1) is 0 Å². The van der Waals surface area contributed by atoms with E-state index in [-0.39, 0.29) is 11.3 Å². The average Bonchev–Trinajstić information content (AvgIpc) is 3.27. The van der Waals surface area contributed by atoms with Gasteiger partial charge >= 0.3 is 0 Å². The summed E-state index contributed by atoms with van der Waals surface area (Å²) in [5.41, 5.74) is -0.304. The molecule has 0 radical (unpaired) electrons. The van der Waals surface area contributed by atoms with Crippen LogP contribution in [0.4, 0.5) is 0 Å². The fraction of sp³-hybridized carbons (Fsp3) is 0.762. The van der Waals surface area contributed by atoms with E-state index < -0.39 is 0 Å². The van der Waals surface area contributed by atoms with Gasteiger partial charge in [-0.25, -0.2) is 4.98 Å². The van der Waals surface area contributed by atoms with Crippen LogP contribution in [0, 0.1) is 11.3 Å². The van der Waals surface area contributed by atoms with Crippen LogP contribution in [-0.2, 0) is 22.6 Å². The minimum Gasteiger partial charge on any atom is -0.342 e. The Morgan fingerprint density at radius 2 is 2.11 bits per heavy atom. The summed E-state index contributed by atoms with van der Waals surface area (Å²) in [5, 5.41) is 0. The predicted molar refractivity (Wildman–Crippen MR) is 103 cm³/mol. The van der Waals surface area contributed by atoms with Crippen molar-refractivity contribution >= 4 is 11.8 Å². The van der Waals surface area contributed by atoms with Crippen LogP contribution in [0.25, 0.3) is 0 Å². The van der Waals surface area contributed by atoms with Gasteiger partial charge in [-0.05, 0) is 38.0 Å². The predicted octanol–water partition coefficient (Wildman–Crippen LogP) is 2.48. The molecule has 4 rings (SSSR count). The second kappa shape index (κ2) is 7.64. The monoisotopic (exact) mass is 372 g/mol. The van der Waals surface area contributed by atoms with E-state index in [2.05, 4.69) is 21.4 Å². The van der Waals surface area contributed by atoms with E-state index in [1.165, 1.54) is 19.3 Å². The Labute approximate surface area is 161 Å². The van der Waals surface area contributed by atoms with Crippen molar-refractivity contribution in [3.05, 3.63) is 18.2 Å². The molecular formula is C21H32N4O2. The minimum absolute atomic E-state index is 0.173. The number of imidazole rings is 1. The highest BCUT2D eigenvalue weighted by Gasteiger charge is 2.49. The number of nitrogens with zero attached hydrogens (tertiary/aromatic N) is 4. The van der Waals surface area contributed by atoms with Gasteiger partial charge in [0, 0.05) is 58.0 Å². The summed E-state index contributed by atoms with van der Waals surface area (Å²) in [6.07, 6.45) is 11.8. The molecule has 2 amide bonds. The van der Waals surface area contributed by atoms with Crippen molar-refractivity contribution in [1.29, 1.82) is 0 Å². The summed E-state index contributed by atoms with van der Waals surface area (Å²) in [6, 6.07) is 0. The largest absolute Gasteiger partial charge is 0.342 e. The number of rotatable bonds is 6. The number of likely N-dealkylation sites (tertiary alicyclic amines) is 2. The molecule has 3 heterocycles. The molecule has 1 atom stereocenters. The zero-order chi connectivity index (χ0) is 18.9. The van der Waals surface area contributed by atoms with Crippen LogP contribution in [0.1, 0.15) is 57.7 Å². The first kappa shape index (κ1) is 18.5. The molecular weight excluding hydrogens is 340 g/mol. The lowest BCUT2D eigenvalue weighted by Gasteiger charge is -2.42. The number of piperidine rings is 1. The molecule has 1 saturated carbocycles. The summed E-state index contributed by atoms with van der Waals surface area (Å²) < 4.78 is 2.07. The Morgan fingerprint density at radius 1 is 1.26 bits per heavy atom. The van der Waals surface area contributed by atoms with Crippen molar-refractivity contribution in [2.24, 2.45) is 11.3 Å². The molecule has 148 valence electrons. The molecule has 1 spiro atoms. The van der Waals surface area contributed by atoms with Crippen molar-refractivity contribution in [1.82, 2.24) is 19.4 Å². The van der Waals surface area contributed by atoms with Gasteiger partial charge in [0.05, 0.1) is 5.41 Å². The van der Waals surface area contributed by atoms with Crippen LogP contribution < -0.4 is 0 Å². The highest BCUT2D eigenvalue weighted by Crippen LogP contribution is 2.41. The molecule has 6 nitrogen and oxygen atoms in total.